The van der Waals surface area contributed by atoms with Gasteiger partial charge >= 0.3 is 18.4 Å². The van der Waals surface area contributed by atoms with Gasteiger partial charge in [-0.3, -0.25) is 4.90 Å². The van der Waals surface area contributed by atoms with E-state index in [0.717, 1.165) is 22.6 Å². The molecule has 0 bridgehead atoms. The van der Waals surface area contributed by atoms with E-state index in [1.807, 2.05) is 39.1 Å². The van der Waals surface area contributed by atoms with Crippen molar-refractivity contribution in [2.24, 2.45) is 0 Å². The van der Waals surface area contributed by atoms with Gasteiger partial charge in [0, 0.05) is 37.9 Å². The first kappa shape index (κ1) is 27.1. The van der Waals surface area contributed by atoms with E-state index in [1.54, 1.807) is 0 Å². The molecule has 1 aromatic rings. The number of carbonyl (C=O) groups is 1. The summed E-state index contributed by atoms with van der Waals surface area (Å²) in [6, 6.07) is 6.06. The largest absolute Gasteiger partial charge is 0.434 e. The zero-order valence-electron chi connectivity index (χ0n) is 19.2. The number of amides is 1. The molecule has 0 unspecified atom stereocenters. The maximum Gasteiger partial charge on any atom is 0.434 e. The first-order chi connectivity index (χ1) is 15.3. The topological polar surface area (TPSA) is 44.8 Å². The predicted octanol–water partition coefficient (Wildman–Crippen LogP) is 5.60. The quantitative estimate of drug-likeness (QED) is 0.513. The highest BCUT2D eigenvalue weighted by molar-refractivity contribution is 5.68. The number of ether oxygens (including phenoxy) is 1. The summed E-state index contributed by atoms with van der Waals surface area (Å²) in [5.74, 6) is 0. The maximum atomic E-state index is 12.7. The lowest BCUT2D eigenvalue weighted by Crippen LogP contribution is -2.55. The number of aryl methyl sites for hydroxylation is 1. The van der Waals surface area contributed by atoms with E-state index < -0.39 is 24.5 Å². The Bertz CT molecular complexity index is 790. The molecule has 1 N–H and O–H groups in total. The molecule has 5 nitrogen and oxygen atoms in total. The third kappa shape index (κ3) is 6.45. The van der Waals surface area contributed by atoms with Gasteiger partial charge in [-0.1, -0.05) is 32.0 Å². The molecule has 0 aliphatic carbocycles. The number of alkyl halides is 6. The van der Waals surface area contributed by atoms with Gasteiger partial charge in [-0.05, 0) is 43.9 Å². The van der Waals surface area contributed by atoms with Crippen LogP contribution < -0.4 is 5.32 Å². The Kier molecular flexibility index (Phi) is 8.53. The molecule has 0 atom stereocenters. The number of hydrogen-bond acceptors (Lipinski definition) is 4. The van der Waals surface area contributed by atoms with Gasteiger partial charge in [0.05, 0.1) is 0 Å². The zero-order chi connectivity index (χ0) is 25.0. The second-order valence-electron chi connectivity index (χ2n) is 8.40. The molecular formula is C22H31F6N3O2. The van der Waals surface area contributed by atoms with Crippen LogP contribution in [0, 0.1) is 0 Å². The number of anilines is 1. The van der Waals surface area contributed by atoms with Gasteiger partial charge in [0.25, 0.3) is 6.10 Å². The van der Waals surface area contributed by atoms with E-state index in [-0.39, 0.29) is 18.6 Å². The van der Waals surface area contributed by atoms with E-state index in [0.29, 0.717) is 25.9 Å². The van der Waals surface area contributed by atoms with E-state index in [4.69, 9.17) is 0 Å². The van der Waals surface area contributed by atoms with Crippen molar-refractivity contribution in [3.05, 3.63) is 29.3 Å². The van der Waals surface area contributed by atoms with Crippen LogP contribution >= 0.6 is 0 Å². The number of para-hydroxylation sites is 1. The van der Waals surface area contributed by atoms with Crippen LogP contribution in [-0.2, 0) is 17.7 Å². The van der Waals surface area contributed by atoms with Gasteiger partial charge in [-0.25, -0.2) is 4.79 Å². The fraction of sp³-hybridized carbons (Fsp3) is 0.682. The van der Waals surface area contributed by atoms with E-state index in [2.05, 4.69) is 21.9 Å². The second-order valence-corrected chi connectivity index (χ2v) is 8.40. The van der Waals surface area contributed by atoms with Crippen LogP contribution in [0.2, 0.25) is 0 Å². The third-order valence-corrected chi connectivity index (χ3v) is 6.29. The van der Waals surface area contributed by atoms with Gasteiger partial charge in [0.15, 0.2) is 0 Å². The van der Waals surface area contributed by atoms with Gasteiger partial charge in [0.2, 0.25) is 0 Å². The van der Waals surface area contributed by atoms with Crippen molar-refractivity contribution in [3.63, 3.8) is 0 Å². The maximum absolute atomic E-state index is 12.7. The average Bonchev–Trinajstić information content (AvgIpc) is 2.73. The van der Waals surface area contributed by atoms with Gasteiger partial charge in [0.1, 0.15) is 0 Å². The Morgan fingerprint density at radius 2 is 1.67 bits per heavy atom. The lowest BCUT2D eigenvalue weighted by Gasteiger charge is -2.46. The number of benzene rings is 1. The highest BCUT2D eigenvalue weighted by atomic mass is 19.4. The summed E-state index contributed by atoms with van der Waals surface area (Å²) in [5, 5.41) is 3.24. The summed E-state index contributed by atoms with van der Waals surface area (Å²) >= 11 is 0. The van der Waals surface area contributed by atoms with Crippen LogP contribution in [0.1, 0.15) is 44.7 Å². The van der Waals surface area contributed by atoms with Gasteiger partial charge in [-0.15, -0.1) is 0 Å². The van der Waals surface area contributed by atoms with Gasteiger partial charge in [-0.2, -0.15) is 26.3 Å². The molecule has 1 heterocycles. The van der Waals surface area contributed by atoms with E-state index >= 15 is 0 Å². The fourth-order valence-electron chi connectivity index (χ4n) is 4.27. The van der Waals surface area contributed by atoms with Crippen LogP contribution in [0.25, 0.3) is 0 Å². The molecule has 1 amide bonds. The lowest BCUT2D eigenvalue weighted by atomic mass is 9.87. The molecule has 33 heavy (non-hydrogen) atoms. The molecule has 1 fully saturated rings. The average molecular weight is 483 g/mol. The summed E-state index contributed by atoms with van der Waals surface area (Å²) < 4.78 is 80.1. The number of nitrogens with zero attached hydrogens (tertiary/aromatic N) is 2. The second kappa shape index (κ2) is 10.4. The number of rotatable bonds is 7. The molecule has 0 radical (unpaired) electrons. The Morgan fingerprint density at radius 1 is 1.12 bits per heavy atom. The fourth-order valence-corrected chi connectivity index (χ4v) is 4.27. The molecule has 1 aromatic carbocycles. The minimum absolute atomic E-state index is 0.00214. The van der Waals surface area contributed by atoms with Crippen molar-refractivity contribution in [1.82, 2.24) is 9.80 Å². The monoisotopic (exact) mass is 483 g/mol. The molecule has 2 rings (SSSR count). The molecule has 0 aromatic heterocycles. The normalized spacial score (nSPS) is 16.9. The molecule has 1 saturated heterocycles. The molecule has 11 heteroatoms. The number of likely N-dealkylation sites (tertiary alicyclic amines) is 1. The predicted molar refractivity (Wildman–Crippen MR) is 113 cm³/mol. The first-order valence-corrected chi connectivity index (χ1v) is 10.9. The molecule has 188 valence electrons. The Morgan fingerprint density at radius 3 is 2.12 bits per heavy atom. The summed E-state index contributed by atoms with van der Waals surface area (Å²) in [6.45, 7) is 7.36. The van der Waals surface area contributed by atoms with Crippen LogP contribution in [0.5, 0.6) is 0 Å². The van der Waals surface area contributed by atoms with Crippen molar-refractivity contribution >= 4 is 11.8 Å². The summed E-state index contributed by atoms with van der Waals surface area (Å²) in [6.07, 6.45) is -15.6. The number of hydrogen-bond donors (Lipinski definition) is 1. The Balaban J connectivity index is 2.09. The van der Waals surface area contributed by atoms with Crippen molar-refractivity contribution in [3.8, 4) is 0 Å². The summed E-state index contributed by atoms with van der Waals surface area (Å²) in [7, 11) is 1.86. The number of nitrogens with one attached hydrogen (secondary N) is 1. The minimum Gasteiger partial charge on any atom is -0.426 e. The minimum atomic E-state index is -5.73. The highest BCUT2D eigenvalue weighted by Gasteiger charge is 2.60. The van der Waals surface area contributed by atoms with Crippen molar-refractivity contribution < 1.29 is 35.9 Å². The van der Waals surface area contributed by atoms with E-state index in [9.17, 15) is 31.1 Å². The Labute approximate surface area is 190 Å². The van der Waals surface area contributed by atoms with Crippen LogP contribution in [0.4, 0.5) is 36.8 Å². The first-order valence-electron chi connectivity index (χ1n) is 10.9. The summed E-state index contributed by atoms with van der Waals surface area (Å²) in [5.41, 5.74) is 2.94. The van der Waals surface area contributed by atoms with Crippen LogP contribution in [-0.4, -0.2) is 66.6 Å². The van der Waals surface area contributed by atoms with Crippen molar-refractivity contribution in [2.75, 3.05) is 32.0 Å². The molecule has 0 saturated carbocycles. The van der Waals surface area contributed by atoms with Gasteiger partial charge < -0.3 is 15.0 Å². The molecule has 1 aliphatic rings. The van der Waals surface area contributed by atoms with Crippen molar-refractivity contribution in [2.45, 2.75) is 70.6 Å². The van der Waals surface area contributed by atoms with Crippen LogP contribution in [0.15, 0.2) is 18.2 Å². The standard InChI is InChI=1S/C22H31F6N3O2/c1-5-15-8-7-9-16(17(15)29-4)14-31(6-2)20(3)10-12-30(13-11-20)19(32)33-18(21(23,24)25)22(26,27)28/h7-9,18,29H,5-6,10-14H2,1-4H3. The number of carbonyl (C=O) groups excluding carboxylic acids is 1. The Hall–Kier alpha value is -2.17. The lowest BCUT2D eigenvalue weighted by molar-refractivity contribution is -0.308. The third-order valence-electron chi connectivity index (χ3n) is 6.29. The van der Waals surface area contributed by atoms with Crippen LogP contribution in [0.3, 0.4) is 0 Å². The molecule has 0 spiro atoms. The molecule has 1 aliphatic heterocycles. The smallest absolute Gasteiger partial charge is 0.426 e. The number of piperidine rings is 1. The zero-order valence-corrected chi connectivity index (χ0v) is 19.2. The van der Waals surface area contributed by atoms with Crippen molar-refractivity contribution in [1.29, 1.82) is 0 Å². The number of halogens is 6. The molecular weight excluding hydrogens is 452 g/mol. The van der Waals surface area contributed by atoms with E-state index in [1.165, 1.54) is 5.56 Å². The SMILES string of the molecule is CCc1cccc(CN(CC)C2(C)CCN(C(=O)OC(C(F)(F)F)C(F)(F)F)CC2)c1NC. The summed E-state index contributed by atoms with van der Waals surface area (Å²) in [4.78, 5) is 15.2. The highest BCUT2D eigenvalue weighted by Crippen LogP contribution is 2.37.